The van der Waals surface area contributed by atoms with Crippen LogP contribution in [-0.4, -0.2) is 56.0 Å². The average Bonchev–Trinajstić information content (AvgIpc) is 2.56. The zero-order valence-corrected chi connectivity index (χ0v) is 18.3. The van der Waals surface area contributed by atoms with Crippen molar-refractivity contribution in [2.24, 2.45) is 4.99 Å². The van der Waals surface area contributed by atoms with Crippen LogP contribution in [0.2, 0.25) is 0 Å². The third kappa shape index (κ3) is 8.33. The molecule has 1 rings (SSSR count). The monoisotopic (exact) mass is 446 g/mol. The van der Waals surface area contributed by atoms with Gasteiger partial charge in [-0.3, -0.25) is 4.99 Å². The molecule has 0 radical (unpaired) electrons. The van der Waals surface area contributed by atoms with Gasteiger partial charge < -0.3 is 15.1 Å². The molecule has 0 amide bonds. The molecule has 0 aliphatic rings. The van der Waals surface area contributed by atoms with E-state index in [9.17, 15) is 0 Å². The summed E-state index contributed by atoms with van der Waals surface area (Å²) < 4.78 is 0. The molecule has 1 aromatic carbocycles. The summed E-state index contributed by atoms with van der Waals surface area (Å²) in [5, 5.41) is 3.48. The summed E-state index contributed by atoms with van der Waals surface area (Å²) in [7, 11) is 3.95. The van der Waals surface area contributed by atoms with Gasteiger partial charge in [0, 0.05) is 27.2 Å². The fourth-order valence-corrected chi connectivity index (χ4v) is 2.70. The number of guanidine groups is 1. The van der Waals surface area contributed by atoms with Crippen LogP contribution < -0.4 is 5.32 Å². The number of aliphatic imine (C=N–C) groups is 1. The Bertz CT molecular complexity index is 472. The third-order valence-corrected chi connectivity index (χ3v) is 4.32. The van der Waals surface area contributed by atoms with E-state index in [1.807, 2.05) is 7.05 Å². The molecule has 0 saturated carbocycles. The molecular weight excluding hydrogens is 411 g/mol. The van der Waals surface area contributed by atoms with Crippen molar-refractivity contribution in [2.75, 3.05) is 40.3 Å². The number of rotatable bonds is 9. The molecule has 0 heterocycles. The van der Waals surface area contributed by atoms with Gasteiger partial charge in [-0.1, -0.05) is 38.1 Å². The van der Waals surface area contributed by atoms with Crippen LogP contribution >= 0.6 is 24.0 Å². The fourth-order valence-electron chi connectivity index (χ4n) is 2.70. The van der Waals surface area contributed by atoms with Crippen molar-refractivity contribution in [1.82, 2.24) is 15.1 Å². The molecular formula is C19H35IN4. The second-order valence-corrected chi connectivity index (χ2v) is 5.99. The molecule has 0 fully saturated rings. The van der Waals surface area contributed by atoms with Crippen molar-refractivity contribution in [3.8, 4) is 0 Å². The maximum absolute atomic E-state index is 4.40. The lowest BCUT2D eigenvalue weighted by Crippen LogP contribution is -2.39. The van der Waals surface area contributed by atoms with Gasteiger partial charge in [0.05, 0.1) is 0 Å². The van der Waals surface area contributed by atoms with Gasteiger partial charge in [0.2, 0.25) is 0 Å². The van der Waals surface area contributed by atoms with Gasteiger partial charge in [0.25, 0.3) is 0 Å². The second kappa shape index (κ2) is 13.5. The zero-order valence-electron chi connectivity index (χ0n) is 16.0. The number of halogens is 1. The van der Waals surface area contributed by atoms with E-state index < -0.39 is 0 Å². The minimum Gasteiger partial charge on any atom is -0.356 e. The van der Waals surface area contributed by atoms with Crippen LogP contribution in [0.15, 0.2) is 29.3 Å². The van der Waals surface area contributed by atoms with Crippen molar-refractivity contribution in [1.29, 1.82) is 0 Å². The zero-order chi connectivity index (χ0) is 17.1. The number of nitrogens with zero attached hydrogens (tertiary/aromatic N) is 3. The molecule has 0 bridgehead atoms. The molecule has 24 heavy (non-hydrogen) atoms. The second-order valence-electron chi connectivity index (χ2n) is 5.99. The standard InChI is InChI=1S/C19H34N4.HI/c1-6-23(7-2)15-11-10-14-21-19(20-4)22(5)16-18-13-9-8-12-17(18)3;/h8-9,12-13H,6-7,10-11,14-16H2,1-5H3,(H,20,21);1H. The Balaban J connectivity index is 0.00000529. The Morgan fingerprint density at radius 2 is 1.79 bits per heavy atom. The van der Waals surface area contributed by atoms with E-state index in [0.29, 0.717) is 0 Å². The van der Waals surface area contributed by atoms with Crippen LogP contribution in [0.5, 0.6) is 0 Å². The summed E-state index contributed by atoms with van der Waals surface area (Å²) in [6.45, 7) is 11.9. The average molecular weight is 446 g/mol. The molecule has 0 spiro atoms. The molecule has 1 aromatic rings. The minimum absolute atomic E-state index is 0. The Kier molecular flexibility index (Phi) is 13.0. The molecule has 0 saturated heterocycles. The first-order chi connectivity index (χ1) is 11.1. The lowest BCUT2D eigenvalue weighted by Gasteiger charge is -2.23. The van der Waals surface area contributed by atoms with Gasteiger partial charge in [0.1, 0.15) is 0 Å². The van der Waals surface area contributed by atoms with E-state index in [1.54, 1.807) is 0 Å². The molecule has 0 unspecified atom stereocenters. The predicted molar refractivity (Wildman–Crippen MR) is 116 cm³/mol. The highest BCUT2D eigenvalue weighted by atomic mass is 127. The van der Waals surface area contributed by atoms with Crippen molar-refractivity contribution < 1.29 is 0 Å². The number of unbranched alkanes of at least 4 members (excludes halogenated alkanes) is 1. The quantitative estimate of drug-likeness (QED) is 0.271. The van der Waals surface area contributed by atoms with Crippen LogP contribution in [0.25, 0.3) is 0 Å². The normalized spacial score (nSPS) is 11.3. The van der Waals surface area contributed by atoms with Crippen LogP contribution in [-0.2, 0) is 6.54 Å². The van der Waals surface area contributed by atoms with Gasteiger partial charge in [-0.05, 0) is 50.5 Å². The van der Waals surface area contributed by atoms with E-state index in [-0.39, 0.29) is 24.0 Å². The van der Waals surface area contributed by atoms with E-state index in [0.717, 1.165) is 32.1 Å². The molecule has 0 aromatic heterocycles. The third-order valence-electron chi connectivity index (χ3n) is 4.32. The molecule has 0 aliphatic heterocycles. The van der Waals surface area contributed by atoms with Gasteiger partial charge in [-0.15, -0.1) is 24.0 Å². The smallest absolute Gasteiger partial charge is 0.193 e. The summed E-state index contributed by atoms with van der Waals surface area (Å²) >= 11 is 0. The van der Waals surface area contributed by atoms with E-state index in [4.69, 9.17) is 0 Å². The number of benzene rings is 1. The highest BCUT2D eigenvalue weighted by Gasteiger charge is 2.07. The fraction of sp³-hybridized carbons (Fsp3) is 0.632. The van der Waals surface area contributed by atoms with Crippen LogP contribution in [0, 0.1) is 6.92 Å². The largest absolute Gasteiger partial charge is 0.356 e. The van der Waals surface area contributed by atoms with Crippen LogP contribution in [0.4, 0.5) is 0 Å². The van der Waals surface area contributed by atoms with Crippen molar-refractivity contribution in [3.05, 3.63) is 35.4 Å². The first kappa shape index (κ1) is 23.2. The highest BCUT2D eigenvalue weighted by Crippen LogP contribution is 2.09. The van der Waals surface area contributed by atoms with Crippen LogP contribution in [0.3, 0.4) is 0 Å². The Labute approximate surface area is 165 Å². The summed E-state index contributed by atoms with van der Waals surface area (Å²) in [5.41, 5.74) is 2.67. The summed E-state index contributed by atoms with van der Waals surface area (Å²) in [4.78, 5) is 9.06. The van der Waals surface area contributed by atoms with E-state index in [2.05, 4.69) is 72.2 Å². The highest BCUT2D eigenvalue weighted by molar-refractivity contribution is 14.0. The lowest BCUT2D eigenvalue weighted by molar-refractivity contribution is 0.297. The first-order valence-electron chi connectivity index (χ1n) is 8.81. The molecule has 138 valence electrons. The summed E-state index contributed by atoms with van der Waals surface area (Å²) in [6.07, 6.45) is 2.40. The molecule has 5 heteroatoms. The maximum Gasteiger partial charge on any atom is 0.193 e. The maximum atomic E-state index is 4.40. The Morgan fingerprint density at radius 3 is 2.38 bits per heavy atom. The van der Waals surface area contributed by atoms with Crippen molar-refractivity contribution in [2.45, 2.75) is 40.2 Å². The molecule has 0 atom stereocenters. The topological polar surface area (TPSA) is 30.9 Å². The van der Waals surface area contributed by atoms with E-state index >= 15 is 0 Å². The SMILES string of the molecule is CCN(CC)CCCCNC(=NC)N(C)Cc1ccccc1C.I. The molecule has 0 aliphatic carbocycles. The first-order valence-corrected chi connectivity index (χ1v) is 8.81. The summed E-state index contributed by atoms with van der Waals surface area (Å²) in [6, 6.07) is 8.52. The van der Waals surface area contributed by atoms with Crippen LogP contribution in [0.1, 0.15) is 37.8 Å². The van der Waals surface area contributed by atoms with Gasteiger partial charge in [-0.2, -0.15) is 0 Å². The Morgan fingerprint density at radius 1 is 1.12 bits per heavy atom. The molecule has 4 nitrogen and oxygen atoms in total. The van der Waals surface area contributed by atoms with Gasteiger partial charge in [-0.25, -0.2) is 0 Å². The number of hydrogen-bond donors (Lipinski definition) is 1. The van der Waals surface area contributed by atoms with Crippen molar-refractivity contribution in [3.63, 3.8) is 0 Å². The number of aryl methyl sites for hydroxylation is 1. The lowest BCUT2D eigenvalue weighted by atomic mass is 10.1. The Hall–Kier alpha value is -0.820. The summed E-state index contributed by atoms with van der Waals surface area (Å²) in [5.74, 6) is 0.969. The predicted octanol–water partition coefficient (Wildman–Crippen LogP) is 3.74. The van der Waals surface area contributed by atoms with Gasteiger partial charge >= 0.3 is 0 Å². The minimum atomic E-state index is 0. The van der Waals surface area contributed by atoms with E-state index in [1.165, 1.54) is 30.5 Å². The molecule has 1 N–H and O–H groups in total. The number of hydrogen-bond acceptors (Lipinski definition) is 2. The van der Waals surface area contributed by atoms with Crippen molar-refractivity contribution >= 4 is 29.9 Å². The van der Waals surface area contributed by atoms with Gasteiger partial charge in [0.15, 0.2) is 5.96 Å². The number of nitrogens with one attached hydrogen (secondary N) is 1.